The lowest BCUT2D eigenvalue weighted by Gasteiger charge is -2.27. The van der Waals surface area contributed by atoms with Gasteiger partial charge in [0.15, 0.2) is 5.01 Å². The average Bonchev–Trinajstić information content (AvgIpc) is 3.34. The van der Waals surface area contributed by atoms with Gasteiger partial charge in [0.2, 0.25) is 5.91 Å². The van der Waals surface area contributed by atoms with Gasteiger partial charge in [-0.3, -0.25) is 9.59 Å². The number of carbonyl (C=O) groups excluding carboxylic acids is 2. The number of aryl methyl sites for hydroxylation is 1. The summed E-state index contributed by atoms with van der Waals surface area (Å²) in [6.45, 7) is 2.29. The Hall–Kier alpha value is -3.06. The van der Waals surface area contributed by atoms with E-state index in [1.807, 2.05) is 39.8 Å². The molecule has 194 valence electrons. The number of benzene rings is 1. The minimum atomic E-state index is -3.96. The molecule has 2 aromatic rings. The monoisotopic (exact) mass is 534 g/mol. The van der Waals surface area contributed by atoms with E-state index in [1.165, 1.54) is 20.2 Å². The summed E-state index contributed by atoms with van der Waals surface area (Å²) < 4.78 is 32.5. The number of nitrogens with zero attached hydrogens (tertiary/aromatic N) is 2. The van der Waals surface area contributed by atoms with Crippen LogP contribution in [0.4, 0.5) is 0 Å². The van der Waals surface area contributed by atoms with Crippen LogP contribution in [0.5, 0.6) is 0 Å². The summed E-state index contributed by atoms with van der Waals surface area (Å²) in [5.41, 5.74) is 2.68. The number of aliphatic hydroxyl groups excluding tert-OH is 1. The fourth-order valence-corrected chi connectivity index (χ4v) is 4.95. The standard InChI is InChI=1S/C24H30N4O6S2/c1-16-20(29)12-18(13-21(16)34-3)24(31)28(11-7-10-17-8-5-4-6-9-17)14-19-15-35-23(26-19)22(30)27-36(32,33)25-2/h4-6,8-9,12,15,21,25,29H,7,10-11,13-14H2,1-3H3,(H,27,30). The fourth-order valence-electron chi connectivity index (χ4n) is 3.74. The lowest BCUT2D eigenvalue weighted by Crippen LogP contribution is -2.38. The number of carbonyl (C=O) groups is 2. The number of amides is 2. The van der Waals surface area contributed by atoms with Crippen LogP contribution in [0.1, 0.15) is 40.8 Å². The summed E-state index contributed by atoms with van der Waals surface area (Å²) >= 11 is 0.988. The molecule has 3 rings (SSSR count). The fraction of sp³-hybridized carbons (Fsp3) is 0.375. The summed E-state index contributed by atoms with van der Waals surface area (Å²) in [4.78, 5) is 31.6. The normalized spacial score (nSPS) is 16.0. The number of methoxy groups -OCH3 is 1. The topological polar surface area (TPSA) is 138 Å². The third kappa shape index (κ3) is 7.23. The van der Waals surface area contributed by atoms with E-state index in [0.717, 1.165) is 23.3 Å². The van der Waals surface area contributed by atoms with Gasteiger partial charge in [0.05, 0.1) is 18.3 Å². The molecule has 1 atom stereocenters. The molecule has 1 aromatic heterocycles. The maximum absolute atomic E-state index is 13.5. The predicted octanol–water partition coefficient (Wildman–Crippen LogP) is 2.48. The second-order valence-electron chi connectivity index (χ2n) is 8.26. The summed E-state index contributed by atoms with van der Waals surface area (Å²) in [5.74, 6) is -1.11. The molecule has 0 saturated heterocycles. The first-order chi connectivity index (χ1) is 17.1. The first-order valence-corrected chi connectivity index (χ1v) is 13.7. The summed E-state index contributed by atoms with van der Waals surface area (Å²) in [6.07, 6.45) is 2.85. The van der Waals surface area contributed by atoms with Gasteiger partial charge in [-0.25, -0.2) is 14.4 Å². The van der Waals surface area contributed by atoms with E-state index in [4.69, 9.17) is 4.74 Å². The molecule has 1 heterocycles. The van der Waals surface area contributed by atoms with Crippen molar-refractivity contribution in [3.8, 4) is 0 Å². The molecule has 1 aliphatic rings. The van der Waals surface area contributed by atoms with Crippen molar-refractivity contribution in [2.45, 2.75) is 38.8 Å². The van der Waals surface area contributed by atoms with E-state index in [-0.39, 0.29) is 23.2 Å². The quantitative estimate of drug-likeness (QED) is 0.403. The molecule has 1 aliphatic carbocycles. The van der Waals surface area contributed by atoms with Crippen LogP contribution in [0, 0.1) is 0 Å². The van der Waals surface area contributed by atoms with Gasteiger partial charge >= 0.3 is 10.2 Å². The van der Waals surface area contributed by atoms with Gasteiger partial charge in [-0.05, 0) is 37.0 Å². The summed E-state index contributed by atoms with van der Waals surface area (Å²) in [5, 5.41) is 11.9. The van der Waals surface area contributed by atoms with Crippen molar-refractivity contribution >= 4 is 33.4 Å². The smallest absolute Gasteiger partial charge is 0.301 e. The maximum Gasteiger partial charge on any atom is 0.301 e. The highest BCUT2D eigenvalue weighted by Crippen LogP contribution is 2.27. The van der Waals surface area contributed by atoms with Crippen LogP contribution in [0.25, 0.3) is 0 Å². The Balaban J connectivity index is 1.78. The molecule has 2 amide bonds. The summed E-state index contributed by atoms with van der Waals surface area (Å²) in [7, 11) is -1.24. The zero-order valence-electron chi connectivity index (χ0n) is 20.4. The van der Waals surface area contributed by atoms with Gasteiger partial charge in [-0.2, -0.15) is 8.42 Å². The highest BCUT2D eigenvalue weighted by Gasteiger charge is 2.28. The summed E-state index contributed by atoms with van der Waals surface area (Å²) in [6, 6.07) is 9.91. The first-order valence-electron chi connectivity index (χ1n) is 11.3. The molecule has 0 aliphatic heterocycles. The highest BCUT2D eigenvalue weighted by molar-refractivity contribution is 7.88. The Morgan fingerprint density at radius 2 is 2.00 bits per heavy atom. The minimum absolute atomic E-state index is 0.0130. The molecule has 36 heavy (non-hydrogen) atoms. The number of aromatic nitrogens is 1. The number of nitrogens with one attached hydrogen (secondary N) is 2. The minimum Gasteiger partial charge on any atom is -0.508 e. The average molecular weight is 535 g/mol. The van der Waals surface area contributed by atoms with Gasteiger partial charge in [-0.1, -0.05) is 30.3 Å². The Kier molecular flexibility index (Phi) is 9.37. The van der Waals surface area contributed by atoms with E-state index in [0.29, 0.717) is 36.2 Å². The van der Waals surface area contributed by atoms with Gasteiger partial charge in [0.1, 0.15) is 5.76 Å². The number of thiazole rings is 1. The molecular formula is C24H30N4O6S2. The first kappa shape index (κ1) is 27.5. The van der Waals surface area contributed by atoms with Crippen LogP contribution >= 0.6 is 11.3 Å². The van der Waals surface area contributed by atoms with E-state index in [2.05, 4.69) is 4.98 Å². The lowest BCUT2D eigenvalue weighted by atomic mass is 9.94. The molecule has 12 heteroatoms. The van der Waals surface area contributed by atoms with Crippen LogP contribution in [-0.4, -0.2) is 62.0 Å². The molecule has 0 fully saturated rings. The molecule has 1 unspecified atom stereocenters. The second kappa shape index (κ2) is 12.3. The van der Waals surface area contributed by atoms with E-state index in [1.54, 1.807) is 17.2 Å². The SMILES string of the molecule is CNS(=O)(=O)NC(=O)c1nc(CN(CCCc2ccccc2)C(=O)C2=CC(O)=C(C)C(OC)C2)cs1. The van der Waals surface area contributed by atoms with Crippen molar-refractivity contribution < 1.29 is 27.9 Å². The predicted molar refractivity (Wildman–Crippen MR) is 137 cm³/mol. The van der Waals surface area contributed by atoms with Gasteiger partial charge in [0, 0.05) is 38.1 Å². The van der Waals surface area contributed by atoms with E-state index in [9.17, 15) is 23.1 Å². The second-order valence-corrected chi connectivity index (χ2v) is 10.7. The zero-order chi connectivity index (χ0) is 26.3. The molecule has 1 aromatic carbocycles. The van der Waals surface area contributed by atoms with Crippen molar-refractivity contribution in [3.05, 3.63) is 75.0 Å². The van der Waals surface area contributed by atoms with Crippen LogP contribution in [-0.2, 0) is 32.7 Å². The van der Waals surface area contributed by atoms with Crippen molar-refractivity contribution in [2.24, 2.45) is 0 Å². The van der Waals surface area contributed by atoms with Crippen LogP contribution in [0.3, 0.4) is 0 Å². The van der Waals surface area contributed by atoms with Crippen LogP contribution in [0.2, 0.25) is 0 Å². The Labute approximate surface area is 214 Å². The van der Waals surface area contributed by atoms with E-state index < -0.39 is 22.2 Å². The number of ether oxygens (including phenoxy) is 1. The van der Waals surface area contributed by atoms with Crippen molar-refractivity contribution in [1.29, 1.82) is 0 Å². The largest absolute Gasteiger partial charge is 0.508 e. The number of hydrogen-bond acceptors (Lipinski definition) is 8. The van der Waals surface area contributed by atoms with Crippen molar-refractivity contribution in [1.82, 2.24) is 19.3 Å². The van der Waals surface area contributed by atoms with Gasteiger partial charge < -0.3 is 14.7 Å². The Morgan fingerprint density at radius 3 is 2.67 bits per heavy atom. The molecule has 3 N–H and O–H groups in total. The van der Waals surface area contributed by atoms with Crippen LogP contribution in [0.15, 0.2) is 58.7 Å². The number of aliphatic hydroxyl groups is 1. The zero-order valence-corrected chi connectivity index (χ0v) is 22.0. The number of rotatable bonds is 11. The van der Waals surface area contributed by atoms with Crippen molar-refractivity contribution in [3.63, 3.8) is 0 Å². The Morgan fingerprint density at radius 1 is 1.28 bits per heavy atom. The molecule has 0 spiro atoms. The maximum atomic E-state index is 13.5. The molecule has 10 nitrogen and oxygen atoms in total. The van der Waals surface area contributed by atoms with Gasteiger partial charge in [0.25, 0.3) is 5.91 Å². The third-order valence-electron chi connectivity index (χ3n) is 5.78. The molecule has 0 radical (unpaired) electrons. The highest BCUT2D eigenvalue weighted by atomic mass is 32.2. The van der Waals surface area contributed by atoms with Gasteiger partial charge in [-0.15, -0.1) is 11.3 Å². The molecule has 0 saturated carbocycles. The number of hydrogen-bond donors (Lipinski definition) is 3. The van der Waals surface area contributed by atoms with Crippen LogP contribution < -0.4 is 9.44 Å². The molecule has 0 bridgehead atoms. The van der Waals surface area contributed by atoms with E-state index >= 15 is 0 Å². The number of allylic oxidation sites excluding steroid dienone is 1. The lowest BCUT2D eigenvalue weighted by molar-refractivity contribution is -0.128. The Bertz CT molecular complexity index is 1250. The third-order valence-corrected chi connectivity index (χ3v) is 7.66. The van der Waals surface area contributed by atoms with Crippen molar-refractivity contribution in [2.75, 3.05) is 20.7 Å². The molecular weight excluding hydrogens is 504 g/mol.